The van der Waals surface area contributed by atoms with Crippen LogP contribution in [0.5, 0.6) is 0 Å². The number of nitrogens with zero attached hydrogens (tertiary/aromatic N) is 1. The van der Waals surface area contributed by atoms with Crippen LogP contribution in [0.15, 0.2) is 182 Å². The summed E-state index contributed by atoms with van der Waals surface area (Å²) in [6, 6.07) is 65.8. The monoisotopic (exact) mass is 617 g/mol. The van der Waals surface area contributed by atoms with E-state index in [1.165, 1.54) is 31.1 Å². The minimum absolute atomic E-state index is 0.140. The molecule has 0 radical (unpaired) electrons. The van der Waals surface area contributed by atoms with Crippen molar-refractivity contribution in [2.45, 2.75) is 19.1 Å². The van der Waals surface area contributed by atoms with Crippen molar-refractivity contribution in [2.24, 2.45) is 0 Å². The first kappa shape index (κ1) is 28.9. The topological polar surface area (TPSA) is 29.5 Å². The number of hydrogen-bond acceptors (Lipinski definition) is 3. The lowest BCUT2D eigenvalue weighted by Crippen LogP contribution is -2.92. The summed E-state index contributed by atoms with van der Waals surface area (Å²) < 4.78 is 9.30. The fourth-order valence-corrected chi connectivity index (χ4v) is 20.6. The Morgan fingerprint density at radius 3 is 0.867 bits per heavy atom. The summed E-state index contributed by atoms with van der Waals surface area (Å²) >= 11 is 0. The molecule has 6 aromatic rings. The van der Waals surface area contributed by atoms with Gasteiger partial charge in [0.15, 0.2) is 0 Å². The van der Waals surface area contributed by atoms with Crippen molar-refractivity contribution in [3.8, 4) is 0 Å². The molecule has 45 heavy (non-hydrogen) atoms. The van der Waals surface area contributed by atoms with Gasteiger partial charge in [-0.2, -0.15) is 0 Å². The Morgan fingerprint density at radius 2 is 0.667 bits per heavy atom. The molecule has 220 valence electrons. The van der Waals surface area contributed by atoms with Gasteiger partial charge in [-0.25, -0.2) is 0 Å². The van der Waals surface area contributed by atoms with Crippen molar-refractivity contribution >= 4 is 53.6 Å². The number of esters is 1. The van der Waals surface area contributed by atoms with E-state index in [1.54, 1.807) is 0 Å². The molecule has 3 nitrogen and oxygen atoms in total. The van der Waals surface area contributed by atoms with Crippen LogP contribution in [0.3, 0.4) is 0 Å². The Morgan fingerprint density at radius 1 is 0.422 bits per heavy atom. The van der Waals surface area contributed by atoms with E-state index < -0.39 is 22.7 Å². The summed E-state index contributed by atoms with van der Waals surface area (Å²) in [7, 11) is -6.43. The highest BCUT2D eigenvalue weighted by Crippen LogP contribution is 2.31. The van der Waals surface area contributed by atoms with E-state index in [2.05, 4.69) is 186 Å². The van der Waals surface area contributed by atoms with Gasteiger partial charge in [0.1, 0.15) is 6.23 Å². The molecule has 1 aliphatic rings. The van der Waals surface area contributed by atoms with Gasteiger partial charge in [-0.3, -0.25) is 9.03 Å². The Labute approximate surface area is 267 Å². The first-order valence-corrected chi connectivity index (χ1v) is 19.5. The van der Waals surface area contributed by atoms with Gasteiger partial charge in [0, 0.05) is 6.42 Å². The Hall–Kier alpha value is -4.82. The zero-order valence-corrected chi connectivity index (χ0v) is 27.1. The van der Waals surface area contributed by atoms with Crippen molar-refractivity contribution < 1.29 is 9.53 Å². The van der Waals surface area contributed by atoms with Gasteiger partial charge in [-0.15, -0.1) is 0 Å². The lowest BCUT2D eigenvalue weighted by Gasteiger charge is -2.55. The quantitative estimate of drug-likeness (QED) is 0.138. The average molecular weight is 618 g/mol. The van der Waals surface area contributed by atoms with E-state index in [1.807, 2.05) is 0 Å². The number of carbonyl (C=O) groups is 1. The molecular formula is C40H35NO2Si2. The second-order valence-corrected chi connectivity index (χ2v) is 19.2. The summed E-state index contributed by atoms with van der Waals surface area (Å²) in [6.07, 6.45) is 0.589. The maximum atomic E-state index is 13.2. The van der Waals surface area contributed by atoms with E-state index in [0.29, 0.717) is 12.8 Å². The Kier molecular flexibility index (Phi) is 8.14. The van der Waals surface area contributed by atoms with Crippen LogP contribution in [-0.4, -0.2) is 32.9 Å². The molecule has 0 amide bonds. The average Bonchev–Trinajstić information content (AvgIpc) is 3.56. The summed E-state index contributed by atoms with van der Waals surface area (Å²) in [6.45, 7) is 0. The molecular weight excluding hydrogens is 583 g/mol. The zero-order valence-electron chi connectivity index (χ0n) is 25.1. The molecule has 6 aromatic carbocycles. The molecule has 7 rings (SSSR count). The molecule has 1 atom stereocenters. The van der Waals surface area contributed by atoms with Crippen LogP contribution in [0.2, 0.25) is 0 Å². The first-order valence-electron chi connectivity index (χ1n) is 15.6. The van der Waals surface area contributed by atoms with Crippen LogP contribution in [0.4, 0.5) is 0 Å². The van der Waals surface area contributed by atoms with Crippen LogP contribution in [0.25, 0.3) is 0 Å². The van der Waals surface area contributed by atoms with Crippen LogP contribution in [0, 0.1) is 0 Å². The molecule has 1 saturated heterocycles. The molecule has 0 bridgehead atoms. The summed E-state index contributed by atoms with van der Waals surface area (Å²) in [4.78, 5) is 13.2. The molecule has 0 N–H and O–H groups in total. The molecule has 0 saturated carbocycles. The van der Waals surface area contributed by atoms with E-state index in [4.69, 9.17) is 4.74 Å². The number of benzene rings is 6. The third-order valence-electron chi connectivity index (χ3n) is 9.02. The van der Waals surface area contributed by atoms with Crippen LogP contribution >= 0.6 is 0 Å². The molecule has 0 aromatic heterocycles. The maximum Gasteiger partial charge on any atom is 0.307 e. The fourth-order valence-electron chi connectivity index (χ4n) is 7.29. The van der Waals surface area contributed by atoms with E-state index >= 15 is 0 Å². The molecule has 1 fully saturated rings. The van der Waals surface area contributed by atoms with Crippen molar-refractivity contribution in [1.29, 1.82) is 0 Å². The first-order chi connectivity index (χ1) is 22.3. The lowest BCUT2D eigenvalue weighted by atomic mass is 10.3. The predicted molar refractivity (Wildman–Crippen MR) is 189 cm³/mol. The van der Waals surface area contributed by atoms with Gasteiger partial charge in [-0.1, -0.05) is 182 Å². The highest BCUT2D eigenvalue weighted by Gasteiger charge is 2.61. The summed E-state index contributed by atoms with van der Waals surface area (Å²) in [5.41, 5.74) is 0. The van der Waals surface area contributed by atoms with Crippen molar-refractivity contribution in [3.63, 3.8) is 0 Å². The highest BCUT2D eigenvalue weighted by atomic mass is 28.4. The molecule has 0 spiro atoms. The second kappa shape index (κ2) is 12.7. The summed E-state index contributed by atoms with van der Waals surface area (Å²) in [5, 5.41) is 7.53. The zero-order chi connectivity index (χ0) is 30.5. The summed E-state index contributed by atoms with van der Waals surface area (Å²) in [5.74, 6) is -0.140. The molecule has 1 aliphatic heterocycles. The molecule has 1 unspecified atom stereocenters. The fraction of sp³-hybridized carbons (Fsp3) is 0.0750. The second-order valence-electron chi connectivity index (χ2n) is 11.5. The molecule has 5 heteroatoms. The van der Waals surface area contributed by atoms with E-state index in [0.717, 1.165) is 0 Å². The largest absolute Gasteiger partial charge is 0.448 e. The number of carbonyl (C=O) groups excluding carboxylic acids is 1. The highest BCUT2D eigenvalue weighted by molar-refractivity contribution is 7.22. The number of rotatable bonds is 9. The minimum Gasteiger partial charge on any atom is -0.448 e. The van der Waals surface area contributed by atoms with E-state index in [9.17, 15) is 4.79 Å². The smallest absolute Gasteiger partial charge is 0.307 e. The van der Waals surface area contributed by atoms with Crippen molar-refractivity contribution in [3.05, 3.63) is 182 Å². The SMILES string of the molecule is O=C1CCC(N([Si](c2ccccc2)(c2ccccc2)c2ccccc2)[Si](c2ccccc2)(c2ccccc2)c2ccccc2)O1. The third-order valence-corrected chi connectivity index (χ3v) is 20.1. The number of ether oxygens (including phenoxy) is 1. The standard InChI is InChI=1S/C40H35NO2Si2/c42-40-32-31-39(43-40)41(44(33-19-7-1-8-20-33,34-21-9-2-10-22-34)35-23-11-3-12-24-35)45(36-25-13-4-14-26-36,37-27-15-5-16-28-37)38-29-17-6-18-30-38/h1-30,39H,31-32H2. The number of cyclic esters (lactones) is 1. The van der Waals surface area contributed by atoms with Gasteiger partial charge < -0.3 is 4.74 Å². The Balaban J connectivity index is 1.73. The van der Waals surface area contributed by atoms with Gasteiger partial charge in [-0.05, 0) is 31.1 Å². The van der Waals surface area contributed by atoms with Gasteiger partial charge >= 0.3 is 5.97 Å². The predicted octanol–water partition coefficient (Wildman–Crippen LogP) is 4.29. The van der Waals surface area contributed by atoms with Crippen LogP contribution in [-0.2, 0) is 9.53 Å². The third kappa shape index (κ3) is 4.99. The van der Waals surface area contributed by atoms with Crippen molar-refractivity contribution in [2.75, 3.05) is 0 Å². The lowest BCUT2D eigenvalue weighted by molar-refractivity contribution is -0.143. The minimum atomic E-state index is -3.21. The molecule has 0 aliphatic carbocycles. The van der Waals surface area contributed by atoms with Gasteiger partial charge in [0.05, 0.1) is 6.42 Å². The number of hydrogen-bond donors (Lipinski definition) is 0. The Bertz CT molecular complexity index is 1520. The van der Waals surface area contributed by atoms with Gasteiger partial charge in [0.2, 0.25) is 16.5 Å². The van der Waals surface area contributed by atoms with Gasteiger partial charge in [0.25, 0.3) is 0 Å². The maximum absolute atomic E-state index is 13.2. The van der Waals surface area contributed by atoms with E-state index in [-0.39, 0.29) is 5.97 Å². The molecule has 1 heterocycles. The van der Waals surface area contributed by atoms with Crippen LogP contribution < -0.4 is 31.1 Å². The van der Waals surface area contributed by atoms with Crippen molar-refractivity contribution in [1.82, 2.24) is 4.23 Å². The normalized spacial score (nSPS) is 15.1. The van der Waals surface area contributed by atoms with Crippen LogP contribution in [0.1, 0.15) is 12.8 Å².